The maximum absolute atomic E-state index is 12.8. The van der Waals surface area contributed by atoms with Crippen molar-refractivity contribution in [2.24, 2.45) is 0 Å². The fourth-order valence-electron chi connectivity index (χ4n) is 3.05. The maximum atomic E-state index is 12.8. The first-order chi connectivity index (χ1) is 15.4. The average molecular weight is 505 g/mol. The zero-order chi connectivity index (χ0) is 22.7. The van der Waals surface area contributed by atoms with E-state index in [1.807, 2.05) is 48.5 Å². The number of carbonyl (C=O) groups excluding carboxylic acids is 2. The minimum atomic E-state index is -0.362. The summed E-state index contributed by atoms with van der Waals surface area (Å²) < 4.78 is 5.84. The number of imide groups is 1. The van der Waals surface area contributed by atoms with Gasteiger partial charge in [0, 0.05) is 15.1 Å². The van der Waals surface area contributed by atoms with E-state index in [0.717, 1.165) is 22.9 Å². The van der Waals surface area contributed by atoms with Crippen LogP contribution < -0.4 is 4.74 Å². The summed E-state index contributed by atoms with van der Waals surface area (Å²) in [6, 6.07) is 19.7. The topological polar surface area (TPSA) is 46.6 Å². The molecule has 32 heavy (non-hydrogen) atoms. The summed E-state index contributed by atoms with van der Waals surface area (Å²) in [5, 5.41) is 1.22. The Balaban J connectivity index is 1.46. The third kappa shape index (κ3) is 5.48. The maximum Gasteiger partial charge on any atom is 0.293 e. The van der Waals surface area contributed by atoms with Gasteiger partial charge in [-0.05, 0) is 70.9 Å². The summed E-state index contributed by atoms with van der Waals surface area (Å²) in [6.07, 6.45) is 1.68. The van der Waals surface area contributed by atoms with Crippen molar-refractivity contribution < 1.29 is 14.3 Å². The molecule has 0 N–H and O–H groups in total. The normalized spacial score (nSPS) is 15.0. The lowest BCUT2D eigenvalue weighted by molar-refractivity contribution is -0.123. The van der Waals surface area contributed by atoms with Gasteiger partial charge in [-0.15, -0.1) is 0 Å². The van der Waals surface area contributed by atoms with Crippen molar-refractivity contribution in [2.75, 3.05) is 0 Å². The number of nitrogens with zero attached hydrogens (tertiary/aromatic N) is 1. The molecule has 0 spiro atoms. The minimum absolute atomic E-state index is 0.0856. The molecule has 1 aliphatic rings. The molecule has 4 nitrogen and oxygen atoms in total. The van der Waals surface area contributed by atoms with Crippen molar-refractivity contribution in [1.29, 1.82) is 0 Å². The summed E-state index contributed by atoms with van der Waals surface area (Å²) in [5.74, 6) is 0.291. The van der Waals surface area contributed by atoms with Crippen LogP contribution in [0.3, 0.4) is 0 Å². The molecule has 3 aromatic carbocycles. The van der Waals surface area contributed by atoms with Gasteiger partial charge in [0.15, 0.2) is 0 Å². The van der Waals surface area contributed by atoms with Crippen LogP contribution in [0.2, 0.25) is 15.1 Å². The van der Waals surface area contributed by atoms with Crippen LogP contribution in [0, 0.1) is 0 Å². The summed E-state index contributed by atoms with van der Waals surface area (Å²) in [5.41, 5.74) is 2.40. The Kier molecular flexibility index (Phi) is 7.11. The number of benzene rings is 3. The lowest BCUT2D eigenvalue weighted by Gasteiger charge is -2.13. The van der Waals surface area contributed by atoms with Crippen LogP contribution in [0.5, 0.6) is 5.75 Å². The number of thioether (sulfide) groups is 1. The van der Waals surface area contributed by atoms with Gasteiger partial charge in [-0.25, -0.2) is 0 Å². The van der Waals surface area contributed by atoms with E-state index < -0.39 is 0 Å². The van der Waals surface area contributed by atoms with Crippen LogP contribution in [0.15, 0.2) is 71.6 Å². The van der Waals surface area contributed by atoms with Crippen molar-refractivity contribution in [1.82, 2.24) is 4.90 Å². The first-order valence-corrected chi connectivity index (χ1v) is 11.5. The van der Waals surface area contributed by atoms with Gasteiger partial charge in [0.05, 0.1) is 11.4 Å². The van der Waals surface area contributed by atoms with E-state index in [0.29, 0.717) is 37.9 Å². The molecule has 3 aromatic rings. The average Bonchev–Trinajstić information content (AvgIpc) is 3.02. The Bertz CT molecular complexity index is 1210. The van der Waals surface area contributed by atoms with Crippen LogP contribution in [0.25, 0.3) is 6.08 Å². The molecule has 1 fully saturated rings. The molecule has 1 aliphatic heterocycles. The molecule has 2 amide bonds. The monoisotopic (exact) mass is 503 g/mol. The molecule has 0 aromatic heterocycles. The van der Waals surface area contributed by atoms with Gasteiger partial charge in [-0.2, -0.15) is 0 Å². The molecule has 0 bridgehead atoms. The molecular formula is C24H16Cl3NO3S. The number of amides is 2. The molecule has 0 saturated carbocycles. The van der Waals surface area contributed by atoms with Crippen LogP contribution in [-0.2, 0) is 17.9 Å². The van der Waals surface area contributed by atoms with Crippen molar-refractivity contribution in [3.05, 3.63) is 103 Å². The molecule has 0 atom stereocenters. The molecule has 0 radical (unpaired) electrons. The Morgan fingerprint density at radius 3 is 2.41 bits per heavy atom. The second-order valence-electron chi connectivity index (χ2n) is 6.99. The zero-order valence-electron chi connectivity index (χ0n) is 16.6. The van der Waals surface area contributed by atoms with Crippen molar-refractivity contribution in [2.45, 2.75) is 13.2 Å². The third-order valence-corrected chi connectivity index (χ3v) is 6.44. The van der Waals surface area contributed by atoms with Gasteiger partial charge in [0.2, 0.25) is 0 Å². The van der Waals surface area contributed by atoms with Crippen molar-refractivity contribution in [3.8, 4) is 5.75 Å². The van der Waals surface area contributed by atoms with Gasteiger partial charge < -0.3 is 4.74 Å². The highest BCUT2D eigenvalue weighted by atomic mass is 35.5. The van der Waals surface area contributed by atoms with Crippen molar-refractivity contribution >= 4 is 63.8 Å². The number of ether oxygens (including phenoxy) is 1. The molecule has 8 heteroatoms. The highest BCUT2D eigenvalue weighted by molar-refractivity contribution is 8.18. The van der Waals surface area contributed by atoms with Gasteiger partial charge in [0.1, 0.15) is 12.4 Å². The molecule has 1 heterocycles. The number of hydrogen-bond acceptors (Lipinski definition) is 4. The highest BCUT2D eigenvalue weighted by Gasteiger charge is 2.35. The van der Waals surface area contributed by atoms with E-state index in [-0.39, 0.29) is 17.7 Å². The Labute approximate surface area is 204 Å². The molecule has 162 valence electrons. The summed E-state index contributed by atoms with van der Waals surface area (Å²) >= 11 is 18.9. The Morgan fingerprint density at radius 2 is 1.66 bits per heavy atom. The lowest BCUT2D eigenvalue weighted by Crippen LogP contribution is -2.27. The molecule has 0 unspecified atom stereocenters. The van der Waals surface area contributed by atoms with Crippen LogP contribution in [0.1, 0.15) is 16.7 Å². The van der Waals surface area contributed by atoms with E-state index in [1.54, 1.807) is 24.3 Å². The van der Waals surface area contributed by atoms with Crippen LogP contribution in [0.4, 0.5) is 4.79 Å². The van der Waals surface area contributed by atoms with E-state index in [1.165, 1.54) is 4.90 Å². The quantitative estimate of drug-likeness (QED) is 0.327. The minimum Gasteiger partial charge on any atom is -0.489 e. The zero-order valence-corrected chi connectivity index (χ0v) is 19.6. The number of rotatable bonds is 6. The van der Waals surface area contributed by atoms with Gasteiger partial charge in [-0.3, -0.25) is 14.5 Å². The molecule has 0 aliphatic carbocycles. The fourth-order valence-corrected chi connectivity index (χ4v) is 4.48. The second kappa shape index (κ2) is 10.0. The van der Waals surface area contributed by atoms with E-state index in [2.05, 4.69) is 0 Å². The first-order valence-electron chi connectivity index (χ1n) is 9.55. The van der Waals surface area contributed by atoms with E-state index >= 15 is 0 Å². The smallest absolute Gasteiger partial charge is 0.293 e. The fraction of sp³-hybridized carbons (Fsp3) is 0.0833. The van der Waals surface area contributed by atoms with E-state index in [4.69, 9.17) is 39.5 Å². The van der Waals surface area contributed by atoms with Gasteiger partial charge in [0.25, 0.3) is 11.1 Å². The van der Waals surface area contributed by atoms with Gasteiger partial charge >= 0.3 is 0 Å². The van der Waals surface area contributed by atoms with Crippen LogP contribution >= 0.6 is 46.6 Å². The third-order valence-electron chi connectivity index (χ3n) is 4.69. The summed E-state index contributed by atoms with van der Waals surface area (Å²) in [7, 11) is 0. The summed E-state index contributed by atoms with van der Waals surface area (Å²) in [4.78, 5) is 26.8. The predicted octanol–water partition coefficient (Wildman–Crippen LogP) is 7.46. The molecule has 1 saturated heterocycles. The summed E-state index contributed by atoms with van der Waals surface area (Å²) in [6.45, 7) is 0.473. The number of halogens is 3. The Morgan fingerprint density at radius 1 is 0.906 bits per heavy atom. The number of hydrogen-bond donors (Lipinski definition) is 0. The molecule has 4 rings (SSSR count). The predicted molar refractivity (Wildman–Crippen MR) is 130 cm³/mol. The first kappa shape index (κ1) is 22.7. The Hall–Kier alpha value is -2.44. The number of carbonyl (C=O) groups is 2. The van der Waals surface area contributed by atoms with Crippen molar-refractivity contribution in [3.63, 3.8) is 0 Å². The largest absolute Gasteiger partial charge is 0.489 e. The highest BCUT2D eigenvalue weighted by Crippen LogP contribution is 2.35. The lowest BCUT2D eigenvalue weighted by atomic mass is 10.2. The standard InChI is InChI=1S/C24H16Cl3NO3S/c25-18-7-4-15(5-8-18)14-31-20-3-1-2-16(10-20)11-22-23(29)28(24(30)32-22)13-17-6-9-19(26)12-21(17)27/h1-12H,13-14H2/b22-11-. The van der Waals surface area contributed by atoms with Crippen LogP contribution in [-0.4, -0.2) is 16.0 Å². The van der Waals surface area contributed by atoms with Gasteiger partial charge in [-0.1, -0.05) is 65.1 Å². The second-order valence-corrected chi connectivity index (χ2v) is 9.26. The van der Waals surface area contributed by atoms with E-state index in [9.17, 15) is 9.59 Å². The SMILES string of the molecule is O=C1S/C(=C\c2cccc(OCc3ccc(Cl)cc3)c2)C(=O)N1Cc1ccc(Cl)cc1Cl. The molecular weight excluding hydrogens is 489 g/mol.